The molecule has 0 saturated carbocycles. The summed E-state index contributed by atoms with van der Waals surface area (Å²) in [6, 6.07) is 6.00. The molecule has 1 rings (SSSR count). The molecule has 1 aromatic rings. The van der Waals surface area contributed by atoms with Crippen LogP contribution in [-0.4, -0.2) is 32.9 Å². The Hall–Kier alpha value is -1.42. The molecule has 3 nitrogen and oxygen atoms in total. The van der Waals surface area contributed by atoms with Gasteiger partial charge in [-0.3, -0.25) is 4.90 Å². The second kappa shape index (κ2) is 6.35. The first kappa shape index (κ1) is 13.6. The van der Waals surface area contributed by atoms with Crippen LogP contribution < -0.4 is 11.2 Å². The van der Waals surface area contributed by atoms with Crippen molar-refractivity contribution < 1.29 is 4.74 Å². The summed E-state index contributed by atoms with van der Waals surface area (Å²) in [4.78, 5) is 2.17. The number of nitrogens with two attached hydrogens (primary N) is 1. The molecule has 1 aromatic carbocycles. The minimum atomic E-state index is 0.671. The van der Waals surface area contributed by atoms with E-state index in [4.69, 9.17) is 10.5 Å². The fourth-order valence-electron chi connectivity index (χ4n) is 1.76. The number of benzene rings is 1. The van der Waals surface area contributed by atoms with Crippen molar-refractivity contribution in [1.29, 1.82) is 0 Å². The van der Waals surface area contributed by atoms with Crippen LogP contribution >= 0.6 is 0 Å². The van der Waals surface area contributed by atoms with Crippen LogP contribution in [0.4, 0.5) is 5.69 Å². The molecule has 0 fully saturated rings. The second-order valence-electron chi connectivity index (χ2n) is 4.33. The Morgan fingerprint density at radius 3 is 2.88 bits per heavy atom. The zero-order chi connectivity index (χ0) is 12.8. The fourth-order valence-corrected chi connectivity index (χ4v) is 1.76. The van der Waals surface area contributed by atoms with E-state index < -0.39 is 0 Å². The molecule has 0 bridgehead atoms. The van der Waals surface area contributed by atoms with Gasteiger partial charge in [-0.2, -0.15) is 0 Å². The highest BCUT2D eigenvalue weighted by molar-refractivity contribution is 6.33. The average molecular weight is 232 g/mol. The summed E-state index contributed by atoms with van der Waals surface area (Å²) in [6.45, 7) is 8.10. The van der Waals surface area contributed by atoms with Crippen molar-refractivity contribution in [2.24, 2.45) is 0 Å². The highest BCUT2D eigenvalue weighted by Crippen LogP contribution is 2.07. The fraction of sp³-hybridized carbons (Fsp3) is 0.385. The zero-order valence-electron chi connectivity index (χ0n) is 11.0. The lowest BCUT2D eigenvalue weighted by Crippen LogP contribution is -2.25. The quantitative estimate of drug-likeness (QED) is 0.441. The number of nitrogen functional groups attached to an aromatic ring is 1. The molecule has 4 heteroatoms. The molecular formula is C13H21BN2O. The first-order chi connectivity index (χ1) is 8.02. The zero-order valence-corrected chi connectivity index (χ0v) is 11.0. The van der Waals surface area contributed by atoms with Gasteiger partial charge in [0.1, 0.15) is 13.6 Å². The minimum absolute atomic E-state index is 0.671. The van der Waals surface area contributed by atoms with Gasteiger partial charge in [-0.15, -0.1) is 0 Å². The van der Waals surface area contributed by atoms with Gasteiger partial charge < -0.3 is 10.5 Å². The Kier molecular flexibility index (Phi) is 5.10. The van der Waals surface area contributed by atoms with Crippen LogP contribution in [-0.2, 0) is 11.3 Å². The summed E-state index contributed by atoms with van der Waals surface area (Å²) >= 11 is 0. The average Bonchev–Trinajstić information content (AvgIpc) is 2.23. The molecule has 0 aliphatic carbocycles. The summed E-state index contributed by atoms with van der Waals surface area (Å²) < 4.78 is 5.34. The van der Waals surface area contributed by atoms with Crippen LogP contribution in [0.25, 0.3) is 0 Å². The molecule has 0 saturated heterocycles. The monoisotopic (exact) mass is 232 g/mol. The summed E-state index contributed by atoms with van der Waals surface area (Å²) in [6.07, 6.45) is 0. The summed E-state index contributed by atoms with van der Waals surface area (Å²) in [7, 11) is 4.15. The van der Waals surface area contributed by atoms with Crippen molar-refractivity contribution in [3.63, 3.8) is 0 Å². The van der Waals surface area contributed by atoms with Crippen molar-refractivity contribution >= 4 is 19.0 Å². The maximum atomic E-state index is 5.79. The van der Waals surface area contributed by atoms with Crippen molar-refractivity contribution in [2.75, 3.05) is 25.9 Å². The summed E-state index contributed by atoms with van der Waals surface area (Å²) in [5.41, 5.74) is 9.10. The third-order valence-corrected chi connectivity index (χ3v) is 2.61. The van der Waals surface area contributed by atoms with Gasteiger partial charge in [0.2, 0.25) is 0 Å². The van der Waals surface area contributed by atoms with Gasteiger partial charge in [-0.25, -0.2) is 0 Å². The second-order valence-corrected chi connectivity index (χ2v) is 4.33. The Labute approximate surface area is 105 Å². The van der Waals surface area contributed by atoms with E-state index in [2.05, 4.69) is 25.4 Å². The van der Waals surface area contributed by atoms with Gasteiger partial charge in [-0.05, 0) is 31.7 Å². The van der Waals surface area contributed by atoms with Crippen LogP contribution in [0.5, 0.6) is 0 Å². The molecule has 0 aliphatic heterocycles. The van der Waals surface area contributed by atoms with Crippen LogP contribution in [0.2, 0.25) is 0 Å². The standard InChI is InChI=1S/C13H21BN2O/c1-4-17-10(2)8-16(3)9-11-7-12(15)5-6-13(11)14/h5-7H,2,4,8-9,14-15H2,1,3H3. The number of anilines is 1. The van der Waals surface area contributed by atoms with E-state index in [0.717, 1.165) is 24.5 Å². The van der Waals surface area contributed by atoms with E-state index in [-0.39, 0.29) is 0 Å². The van der Waals surface area contributed by atoms with Crippen LogP contribution in [0.1, 0.15) is 12.5 Å². The molecule has 0 atom stereocenters. The molecule has 92 valence electrons. The maximum Gasteiger partial charge on any atom is 0.139 e. The van der Waals surface area contributed by atoms with Gasteiger partial charge in [0.15, 0.2) is 0 Å². The van der Waals surface area contributed by atoms with Crippen molar-refractivity contribution in [3.05, 3.63) is 36.1 Å². The Balaban J connectivity index is 2.58. The lowest BCUT2D eigenvalue weighted by Gasteiger charge is -2.19. The van der Waals surface area contributed by atoms with Crippen molar-refractivity contribution in [2.45, 2.75) is 13.5 Å². The van der Waals surface area contributed by atoms with E-state index in [0.29, 0.717) is 6.61 Å². The van der Waals surface area contributed by atoms with E-state index in [1.54, 1.807) is 0 Å². The number of ether oxygens (including phenoxy) is 1. The lowest BCUT2D eigenvalue weighted by atomic mass is 9.90. The Bertz CT molecular complexity index is 393. The third kappa shape index (κ3) is 4.53. The predicted molar refractivity (Wildman–Crippen MR) is 76.1 cm³/mol. The molecule has 2 N–H and O–H groups in total. The van der Waals surface area contributed by atoms with Gasteiger partial charge in [0, 0.05) is 12.2 Å². The van der Waals surface area contributed by atoms with E-state index in [1.165, 1.54) is 11.0 Å². The molecule has 0 unspecified atom stereocenters. The normalized spacial score (nSPS) is 10.5. The van der Waals surface area contributed by atoms with E-state index in [1.807, 2.05) is 26.1 Å². The third-order valence-electron chi connectivity index (χ3n) is 2.61. The topological polar surface area (TPSA) is 38.5 Å². The maximum absolute atomic E-state index is 5.79. The van der Waals surface area contributed by atoms with Gasteiger partial charge in [0.05, 0.1) is 13.2 Å². The smallest absolute Gasteiger partial charge is 0.139 e. The summed E-state index contributed by atoms with van der Waals surface area (Å²) in [5, 5.41) is 0. The first-order valence-electron chi connectivity index (χ1n) is 5.87. The van der Waals surface area contributed by atoms with Crippen LogP contribution in [0, 0.1) is 0 Å². The van der Waals surface area contributed by atoms with Crippen LogP contribution in [0.15, 0.2) is 30.5 Å². The van der Waals surface area contributed by atoms with Gasteiger partial charge >= 0.3 is 0 Å². The molecule has 0 aromatic heterocycles. The molecular weight excluding hydrogens is 211 g/mol. The predicted octanol–water partition coefficient (Wildman–Crippen LogP) is 0.509. The number of hydrogen-bond acceptors (Lipinski definition) is 3. The molecule has 17 heavy (non-hydrogen) atoms. The van der Waals surface area contributed by atoms with Gasteiger partial charge in [-0.1, -0.05) is 18.1 Å². The molecule has 0 radical (unpaired) electrons. The molecule has 0 spiro atoms. The number of nitrogens with zero attached hydrogens (tertiary/aromatic N) is 1. The Morgan fingerprint density at radius 1 is 1.53 bits per heavy atom. The Morgan fingerprint density at radius 2 is 2.24 bits per heavy atom. The minimum Gasteiger partial charge on any atom is -0.497 e. The van der Waals surface area contributed by atoms with E-state index in [9.17, 15) is 0 Å². The van der Waals surface area contributed by atoms with Gasteiger partial charge in [0.25, 0.3) is 0 Å². The highest BCUT2D eigenvalue weighted by Gasteiger charge is 2.05. The van der Waals surface area contributed by atoms with Crippen LogP contribution in [0.3, 0.4) is 0 Å². The molecule has 0 aliphatic rings. The summed E-state index contributed by atoms with van der Waals surface area (Å²) in [5.74, 6) is 0.802. The van der Waals surface area contributed by atoms with Crippen molar-refractivity contribution in [1.82, 2.24) is 4.90 Å². The molecule has 0 amide bonds. The first-order valence-corrected chi connectivity index (χ1v) is 5.87. The SMILES string of the molecule is Bc1ccc(N)cc1CN(C)CC(=C)OCC. The highest BCUT2D eigenvalue weighted by atomic mass is 16.5. The number of hydrogen-bond donors (Lipinski definition) is 1. The van der Waals surface area contributed by atoms with Crippen molar-refractivity contribution in [3.8, 4) is 0 Å². The largest absolute Gasteiger partial charge is 0.497 e. The lowest BCUT2D eigenvalue weighted by molar-refractivity contribution is 0.191. The number of rotatable bonds is 6. The number of likely N-dealkylation sites (N-methyl/N-ethyl adjacent to an activating group) is 1. The molecule has 0 heterocycles. The van der Waals surface area contributed by atoms with E-state index >= 15 is 0 Å².